The normalized spacial score (nSPS) is 16.7. The van der Waals surface area contributed by atoms with Crippen LogP contribution < -0.4 is 5.32 Å². The number of likely N-dealkylation sites (N-methyl/N-ethyl adjacent to an activating group) is 1. The van der Waals surface area contributed by atoms with Gasteiger partial charge in [0.2, 0.25) is 0 Å². The van der Waals surface area contributed by atoms with Gasteiger partial charge >= 0.3 is 0 Å². The fraction of sp³-hybridized carbons (Fsp3) is 0.538. The topological polar surface area (TPSA) is 12.0 Å². The highest BCUT2D eigenvalue weighted by atomic mass is 14.8. The number of aryl methyl sites for hydroxylation is 2. The smallest absolute Gasteiger partial charge is 0.00761 e. The summed E-state index contributed by atoms with van der Waals surface area (Å²) in [4.78, 5) is 0. The van der Waals surface area contributed by atoms with Crippen LogP contribution in [0.15, 0.2) is 18.2 Å². The van der Waals surface area contributed by atoms with E-state index in [-0.39, 0.29) is 0 Å². The molecule has 1 aromatic carbocycles. The maximum Gasteiger partial charge on any atom is 0.00761 e. The Morgan fingerprint density at radius 2 is 2.07 bits per heavy atom. The summed E-state index contributed by atoms with van der Waals surface area (Å²) in [7, 11) is 2.03. The highest BCUT2D eigenvalue weighted by Gasteiger charge is 2.11. The van der Waals surface area contributed by atoms with Crippen LogP contribution in [0.1, 0.15) is 30.0 Å². The first kappa shape index (κ1) is 9.72. The number of fused-ring (bicyclic) bond motifs is 1. The fourth-order valence-corrected chi connectivity index (χ4v) is 2.21. The second-order valence-corrected chi connectivity index (χ2v) is 4.35. The Hall–Kier alpha value is -0.820. The molecule has 1 atom stereocenters. The molecule has 76 valence electrons. The van der Waals surface area contributed by atoms with Crippen molar-refractivity contribution >= 4 is 0 Å². The highest BCUT2D eigenvalue weighted by molar-refractivity contribution is 5.35. The van der Waals surface area contributed by atoms with Crippen molar-refractivity contribution in [1.82, 2.24) is 5.32 Å². The number of rotatable bonds is 3. The molecule has 1 N–H and O–H groups in total. The molecule has 0 amide bonds. The number of benzene rings is 1. The van der Waals surface area contributed by atoms with Gasteiger partial charge in [0.1, 0.15) is 0 Å². The third-order valence-corrected chi connectivity index (χ3v) is 3.20. The zero-order chi connectivity index (χ0) is 9.97. The predicted molar refractivity (Wildman–Crippen MR) is 60.7 cm³/mol. The lowest BCUT2D eigenvalue weighted by Gasteiger charge is -2.11. The SMILES string of the molecule is CNC(C)Cc1ccc2c(c1)CCC2. The maximum atomic E-state index is 3.28. The average molecular weight is 189 g/mol. The van der Waals surface area contributed by atoms with Gasteiger partial charge in [0.15, 0.2) is 0 Å². The van der Waals surface area contributed by atoms with Gasteiger partial charge in [0.05, 0.1) is 0 Å². The van der Waals surface area contributed by atoms with Gasteiger partial charge in [-0.1, -0.05) is 18.2 Å². The van der Waals surface area contributed by atoms with Gasteiger partial charge in [0.25, 0.3) is 0 Å². The quantitative estimate of drug-likeness (QED) is 0.769. The molecular formula is C13H19N. The van der Waals surface area contributed by atoms with Crippen molar-refractivity contribution in [1.29, 1.82) is 0 Å². The molecule has 1 nitrogen and oxygen atoms in total. The summed E-state index contributed by atoms with van der Waals surface area (Å²) < 4.78 is 0. The van der Waals surface area contributed by atoms with Crippen molar-refractivity contribution in [3.8, 4) is 0 Å². The van der Waals surface area contributed by atoms with Crippen LogP contribution in [0, 0.1) is 0 Å². The number of nitrogens with one attached hydrogen (secondary N) is 1. The number of hydrogen-bond donors (Lipinski definition) is 1. The van der Waals surface area contributed by atoms with Crippen molar-refractivity contribution in [3.63, 3.8) is 0 Å². The van der Waals surface area contributed by atoms with Crippen LogP contribution in [0.4, 0.5) is 0 Å². The Kier molecular flexibility index (Phi) is 2.87. The van der Waals surface area contributed by atoms with Crippen LogP contribution in [0.3, 0.4) is 0 Å². The van der Waals surface area contributed by atoms with Crippen LogP contribution in [0.25, 0.3) is 0 Å². The number of hydrogen-bond acceptors (Lipinski definition) is 1. The first-order valence-corrected chi connectivity index (χ1v) is 5.57. The Morgan fingerprint density at radius 1 is 1.29 bits per heavy atom. The van der Waals surface area contributed by atoms with E-state index in [1.54, 1.807) is 11.1 Å². The molecule has 0 aliphatic heterocycles. The van der Waals surface area contributed by atoms with Gasteiger partial charge in [-0.25, -0.2) is 0 Å². The van der Waals surface area contributed by atoms with E-state index in [2.05, 4.69) is 30.4 Å². The summed E-state index contributed by atoms with van der Waals surface area (Å²) in [6, 6.07) is 7.59. The van der Waals surface area contributed by atoms with Gasteiger partial charge in [-0.15, -0.1) is 0 Å². The van der Waals surface area contributed by atoms with Crippen molar-refractivity contribution < 1.29 is 0 Å². The molecule has 0 bridgehead atoms. The van der Waals surface area contributed by atoms with Crippen LogP contribution in [-0.2, 0) is 19.3 Å². The van der Waals surface area contributed by atoms with Crippen LogP contribution in [0.5, 0.6) is 0 Å². The lowest BCUT2D eigenvalue weighted by atomic mass is 10.0. The molecule has 0 heterocycles. The van der Waals surface area contributed by atoms with E-state index in [1.807, 2.05) is 7.05 Å². The van der Waals surface area contributed by atoms with Crippen molar-refractivity contribution in [2.75, 3.05) is 7.05 Å². The van der Waals surface area contributed by atoms with Gasteiger partial charge in [0, 0.05) is 6.04 Å². The standard InChI is InChI=1S/C13H19N/c1-10(14-2)8-11-6-7-12-4-3-5-13(12)9-11/h6-7,9-10,14H,3-5,8H2,1-2H3. The van der Waals surface area contributed by atoms with Crippen molar-refractivity contribution in [3.05, 3.63) is 34.9 Å². The third-order valence-electron chi connectivity index (χ3n) is 3.20. The van der Waals surface area contributed by atoms with E-state index >= 15 is 0 Å². The third kappa shape index (κ3) is 1.98. The van der Waals surface area contributed by atoms with E-state index in [9.17, 15) is 0 Å². The Morgan fingerprint density at radius 3 is 2.86 bits per heavy atom. The van der Waals surface area contributed by atoms with E-state index in [0.29, 0.717) is 6.04 Å². The molecule has 1 heteroatoms. The monoisotopic (exact) mass is 189 g/mol. The molecule has 1 aromatic rings. The molecule has 1 unspecified atom stereocenters. The molecule has 0 aromatic heterocycles. The second kappa shape index (κ2) is 4.14. The van der Waals surface area contributed by atoms with E-state index < -0.39 is 0 Å². The molecule has 0 fully saturated rings. The summed E-state index contributed by atoms with van der Waals surface area (Å²) in [5, 5.41) is 3.28. The molecule has 0 saturated heterocycles. The average Bonchev–Trinajstić information content (AvgIpc) is 2.64. The zero-order valence-corrected chi connectivity index (χ0v) is 9.14. The predicted octanol–water partition coefficient (Wildman–Crippen LogP) is 2.33. The second-order valence-electron chi connectivity index (χ2n) is 4.35. The molecule has 0 spiro atoms. The molecule has 0 saturated carbocycles. The molecule has 14 heavy (non-hydrogen) atoms. The van der Waals surface area contributed by atoms with E-state index in [0.717, 1.165) is 6.42 Å². The Balaban J connectivity index is 2.12. The first-order valence-electron chi connectivity index (χ1n) is 5.57. The summed E-state index contributed by atoms with van der Waals surface area (Å²) in [6.45, 7) is 2.23. The summed E-state index contributed by atoms with van der Waals surface area (Å²) in [5.74, 6) is 0. The van der Waals surface area contributed by atoms with Crippen LogP contribution in [0.2, 0.25) is 0 Å². The highest BCUT2D eigenvalue weighted by Crippen LogP contribution is 2.23. The van der Waals surface area contributed by atoms with Gasteiger partial charge < -0.3 is 5.32 Å². The molecule has 0 radical (unpaired) electrons. The van der Waals surface area contributed by atoms with Gasteiger partial charge in [-0.05, 0) is 56.3 Å². The lowest BCUT2D eigenvalue weighted by Crippen LogP contribution is -2.23. The minimum Gasteiger partial charge on any atom is -0.317 e. The molecular weight excluding hydrogens is 170 g/mol. The largest absolute Gasteiger partial charge is 0.317 e. The van der Waals surface area contributed by atoms with Crippen molar-refractivity contribution in [2.24, 2.45) is 0 Å². The first-order chi connectivity index (χ1) is 6.79. The van der Waals surface area contributed by atoms with Crippen LogP contribution >= 0.6 is 0 Å². The van der Waals surface area contributed by atoms with E-state index in [1.165, 1.54) is 24.8 Å². The molecule has 2 rings (SSSR count). The Bertz CT molecular complexity index is 317. The van der Waals surface area contributed by atoms with Crippen LogP contribution in [-0.4, -0.2) is 13.1 Å². The summed E-state index contributed by atoms with van der Waals surface area (Å²) in [5.41, 5.74) is 4.64. The van der Waals surface area contributed by atoms with Crippen molar-refractivity contribution in [2.45, 2.75) is 38.6 Å². The minimum absolute atomic E-state index is 0.578. The zero-order valence-electron chi connectivity index (χ0n) is 9.14. The molecule has 1 aliphatic carbocycles. The Labute approximate surface area is 86.5 Å². The van der Waals surface area contributed by atoms with Gasteiger partial charge in [-0.2, -0.15) is 0 Å². The summed E-state index contributed by atoms with van der Waals surface area (Å²) >= 11 is 0. The minimum atomic E-state index is 0.578. The van der Waals surface area contributed by atoms with E-state index in [4.69, 9.17) is 0 Å². The maximum absolute atomic E-state index is 3.28. The molecule has 1 aliphatic rings. The fourth-order valence-electron chi connectivity index (χ4n) is 2.21. The van der Waals surface area contributed by atoms with Gasteiger partial charge in [-0.3, -0.25) is 0 Å². The lowest BCUT2D eigenvalue weighted by molar-refractivity contribution is 0.608. The summed E-state index contributed by atoms with van der Waals surface area (Å²) in [6.07, 6.45) is 5.07.